The van der Waals surface area contributed by atoms with Crippen LogP contribution in [0.25, 0.3) is 0 Å². The highest BCUT2D eigenvalue weighted by molar-refractivity contribution is 7.99. The summed E-state index contributed by atoms with van der Waals surface area (Å²) in [6.45, 7) is 9.08. The Labute approximate surface area is 86.6 Å². The molecule has 1 fully saturated rings. The minimum Gasteiger partial charge on any atom is -0.375 e. The van der Waals surface area contributed by atoms with Crippen molar-refractivity contribution in [3.63, 3.8) is 0 Å². The van der Waals surface area contributed by atoms with Gasteiger partial charge >= 0.3 is 0 Å². The van der Waals surface area contributed by atoms with Crippen LogP contribution in [0, 0.1) is 11.8 Å². The molecule has 0 bridgehead atoms. The highest BCUT2D eigenvalue weighted by Gasteiger charge is 2.37. The van der Waals surface area contributed by atoms with Crippen LogP contribution in [-0.2, 0) is 4.74 Å². The Morgan fingerprint density at radius 3 is 2.23 bits per heavy atom. The van der Waals surface area contributed by atoms with Crippen molar-refractivity contribution in [2.75, 3.05) is 6.26 Å². The van der Waals surface area contributed by atoms with Crippen molar-refractivity contribution in [1.82, 2.24) is 0 Å². The van der Waals surface area contributed by atoms with E-state index >= 15 is 0 Å². The summed E-state index contributed by atoms with van der Waals surface area (Å²) in [5.41, 5.74) is 0. The van der Waals surface area contributed by atoms with Crippen LogP contribution in [0.4, 0.5) is 0 Å². The molecule has 1 heterocycles. The molecule has 1 aliphatic rings. The first-order valence-electron chi connectivity index (χ1n) is 5.30. The largest absolute Gasteiger partial charge is 0.375 e. The molecule has 13 heavy (non-hydrogen) atoms. The number of ether oxygens (including phenoxy) is 1. The fourth-order valence-corrected chi connectivity index (χ4v) is 3.63. The summed E-state index contributed by atoms with van der Waals surface area (Å²) in [6.07, 6.45) is 4.28. The summed E-state index contributed by atoms with van der Waals surface area (Å²) in [7, 11) is 0. The maximum Gasteiger partial charge on any atom is 0.0612 e. The molecule has 0 amide bonds. The monoisotopic (exact) mass is 202 g/mol. The summed E-state index contributed by atoms with van der Waals surface area (Å²) in [5.74, 6) is 1.39. The predicted octanol–water partition coefficient (Wildman–Crippen LogP) is 3.19. The van der Waals surface area contributed by atoms with Gasteiger partial charge in [-0.25, -0.2) is 0 Å². The molecular weight excluding hydrogens is 180 g/mol. The Morgan fingerprint density at radius 2 is 1.77 bits per heavy atom. The standard InChI is InChI=1S/C11H22OS/c1-6-10-8(3)11(13-5)7(2)9(4)12-10/h7-11H,6H2,1-5H3. The second-order valence-electron chi connectivity index (χ2n) is 4.21. The van der Waals surface area contributed by atoms with Crippen molar-refractivity contribution in [3.8, 4) is 0 Å². The van der Waals surface area contributed by atoms with Crippen molar-refractivity contribution >= 4 is 11.8 Å². The van der Waals surface area contributed by atoms with Gasteiger partial charge in [0.05, 0.1) is 12.2 Å². The fraction of sp³-hybridized carbons (Fsp3) is 1.00. The van der Waals surface area contributed by atoms with E-state index in [0.717, 1.165) is 11.7 Å². The molecule has 1 nitrogen and oxygen atoms in total. The van der Waals surface area contributed by atoms with Crippen LogP contribution < -0.4 is 0 Å². The van der Waals surface area contributed by atoms with Crippen LogP contribution in [0.3, 0.4) is 0 Å². The van der Waals surface area contributed by atoms with Gasteiger partial charge in [0, 0.05) is 5.25 Å². The van der Waals surface area contributed by atoms with Crippen molar-refractivity contribution < 1.29 is 4.74 Å². The first-order chi connectivity index (χ1) is 6.11. The molecule has 0 N–H and O–H groups in total. The van der Waals surface area contributed by atoms with Gasteiger partial charge in [0.15, 0.2) is 0 Å². The lowest BCUT2D eigenvalue weighted by atomic mass is 9.85. The summed E-state index contributed by atoms with van der Waals surface area (Å²) in [5, 5.41) is 0.772. The number of hydrogen-bond acceptors (Lipinski definition) is 2. The van der Waals surface area contributed by atoms with Crippen molar-refractivity contribution in [2.24, 2.45) is 11.8 Å². The molecule has 2 heteroatoms. The number of hydrogen-bond donors (Lipinski definition) is 0. The van der Waals surface area contributed by atoms with E-state index in [1.54, 1.807) is 0 Å². The fourth-order valence-electron chi connectivity index (χ4n) is 2.38. The third-order valence-electron chi connectivity index (χ3n) is 3.43. The zero-order valence-corrected chi connectivity index (χ0v) is 10.2. The van der Waals surface area contributed by atoms with E-state index in [4.69, 9.17) is 4.74 Å². The van der Waals surface area contributed by atoms with E-state index in [0.29, 0.717) is 24.0 Å². The lowest BCUT2D eigenvalue weighted by Crippen LogP contribution is -2.45. The first kappa shape index (κ1) is 11.4. The zero-order chi connectivity index (χ0) is 10.0. The van der Waals surface area contributed by atoms with Crippen molar-refractivity contribution in [2.45, 2.75) is 51.6 Å². The quantitative estimate of drug-likeness (QED) is 0.680. The van der Waals surface area contributed by atoms with E-state index in [1.807, 2.05) is 11.8 Å². The molecule has 0 aromatic rings. The van der Waals surface area contributed by atoms with Crippen LogP contribution in [0.2, 0.25) is 0 Å². The third-order valence-corrected chi connectivity index (χ3v) is 4.83. The predicted molar refractivity (Wildman–Crippen MR) is 60.3 cm³/mol. The van der Waals surface area contributed by atoms with E-state index in [-0.39, 0.29) is 0 Å². The van der Waals surface area contributed by atoms with Gasteiger partial charge in [-0.15, -0.1) is 0 Å². The van der Waals surface area contributed by atoms with E-state index in [2.05, 4.69) is 34.0 Å². The molecule has 0 aromatic heterocycles. The van der Waals surface area contributed by atoms with Crippen LogP contribution in [0.15, 0.2) is 0 Å². The Morgan fingerprint density at radius 1 is 1.15 bits per heavy atom. The molecule has 0 spiro atoms. The van der Waals surface area contributed by atoms with E-state index < -0.39 is 0 Å². The van der Waals surface area contributed by atoms with Gasteiger partial charge in [0.25, 0.3) is 0 Å². The Balaban J connectivity index is 2.69. The molecule has 78 valence electrons. The van der Waals surface area contributed by atoms with Gasteiger partial charge in [-0.05, 0) is 31.4 Å². The highest BCUT2D eigenvalue weighted by atomic mass is 32.2. The lowest BCUT2D eigenvalue weighted by molar-refractivity contribution is -0.0946. The maximum atomic E-state index is 5.98. The SMILES string of the molecule is CCC1OC(C)C(C)C(SC)C1C. The topological polar surface area (TPSA) is 9.23 Å². The van der Waals surface area contributed by atoms with Gasteiger partial charge in [-0.1, -0.05) is 20.8 Å². The zero-order valence-electron chi connectivity index (χ0n) is 9.41. The molecule has 1 saturated heterocycles. The minimum absolute atomic E-state index is 0.429. The third kappa shape index (κ3) is 2.21. The molecule has 0 aliphatic carbocycles. The summed E-state index contributed by atoms with van der Waals surface area (Å²) in [6, 6.07) is 0. The van der Waals surface area contributed by atoms with Crippen molar-refractivity contribution in [3.05, 3.63) is 0 Å². The second kappa shape index (κ2) is 4.70. The maximum absolute atomic E-state index is 5.98. The number of thioether (sulfide) groups is 1. The molecule has 0 aromatic carbocycles. The minimum atomic E-state index is 0.429. The summed E-state index contributed by atoms with van der Waals surface area (Å²) >= 11 is 2.00. The average Bonchev–Trinajstić information content (AvgIpc) is 2.12. The molecule has 5 atom stereocenters. The van der Waals surface area contributed by atoms with Gasteiger partial charge in [0.2, 0.25) is 0 Å². The van der Waals surface area contributed by atoms with Crippen molar-refractivity contribution in [1.29, 1.82) is 0 Å². The van der Waals surface area contributed by atoms with Crippen LogP contribution in [0.1, 0.15) is 34.1 Å². The Hall–Kier alpha value is 0.310. The van der Waals surface area contributed by atoms with Gasteiger partial charge in [0.1, 0.15) is 0 Å². The van der Waals surface area contributed by atoms with Crippen LogP contribution >= 0.6 is 11.8 Å². The van der Waals surface area contributed by atoms with E-state index in [1.165, 1.54) is 0 Å². The summed E-state index contributed by atoms with van der Waals surface area (Å²) in [4.78, 5) is 0. The normalized spacial score (nSPS) is 46.4. The molecule has 0 saturated carbocycles. The Kier molecular flexibility index (Phi) is 4.11. The Bertz CT molecular complexity index is 160. The molecule has 1 rings (SSSR count). The smallest absolute Gasteiger partial charge is 0.0612 e. The molecule has 5 unspecified atom stereocenters. The number of rotatable bonds is 2. The van der Waals surface area contributed by atoms with Gasteiger partial charge in [-0.3, -0.25) is 0 Å². The second-order valence-corrected chi connectivity index (χ2v) is 5.22. The molecular formula is C11H22OS. The average molecular weight is 202 g/mol. The molecule has 1 aliphatic heterocycles. The van der Waals surface area contributed by atoms with Gasteiger partial charge in [-0.2, -0.15) is 11.8 Å². The molecule has 0 radical (unpaired) electrons. The lowest BCUT2D eigenvalue weighted by Gasteiger charge is -2.43. The summed E-state index contributed by atoms with van der Waals surface area (Å²) < 4.78 is 5.98. The van der Waals surface area contributed by atoms with Crippen LogP contribution in [-0.4, -0.2) is 23.7 Å². The first-order valence-corrected chi connectivity index (χ1v) is 6.58. The van der Waals surface area contributed by atoms with E-state index in [9.17, 15) is 0 Å². The highest BCUT2D eigenvalue weighted by Crippen LogP contribution is 2.37. The van der Waals surface area contributed by atoms with Crippen LogP contribution in [0.5, 0.6) is 0 Å². The van der Waals surface area contributed by atoms with Gasteiger partial charge < -0.3 is 4.74 Å².